The molecule has 0 amide bonds. The maximum Gasteiger partial charge on any atom is 0.133 e. The van der Waals surface area contributed by atoms with Gasteiger partial charge >= 0.3 is 0 Å². The van der Waals surface area contributed by atoms with Crippen LogP contribution in [-0.2, 0) is 0 Å². The van der Waals surface area contributed by atoms with E-state index in [1.807, 2.05) is 6.07 Å². The van der Waals surface area contributed by atoms with Gasteiger partial charge in [-0.1, -0.05) is 56.7 Å². The van der Waals surface area contributed by atoms with E-state index in [-0.39, 0.29) is 5.56 Å². The molecule has 0 aliphatic heterocycles. The minimum Gasteiger partial charge on any atom is -0.206 e. The van der Waals surface area contributed by atoms with Gasteiger partial charge in [-0.3, -0.25) is 0 Å². The Kier molecular flexibility index (Phi) is 5.93. The lowest BCUT2D eigenvalue weighted by Gasteiger charge is -2.32. The van der Waals surface area contributed by atoms with Crippen molar-refractivity contribution in [2.45, 2.75) is 76.0 Å². The first-order valence-corrected chi connectivity index (χ1v) is 11.1. The molecule has 0 saturated heterocycles. The second kappa shape index (κ2) is 8.39. The highest BCUT2D eigenvalue weighted by Crippen LogP contribution is 2.42. The van der Waals surface area contributed by atoms with Gasteiger partial charge in [-0.2, -0.15) is 0 Å². The normalized spacial score (nSPS) is 19.4. The van der Waals surface area contributed by atoms with E-state index in [0.29, 0.717) is 17.4 Å². The molecule has 2 fully saturated rings. The van der Waals surface area contributed by atoms with Crippen LogP contribution in [0.15, 0.2) is 30.3 Å². The van der Waals surface area contributed by atoms with E-state index in [1.165, 1.54) is 93.5 Å². The van der Waals surface area contributed by atoms with Crippen LogP contribution >= 0.6 is 9.24 Å². The summed E-state index contributed by atoms with van der Waals surface area (Å²) in [5.41, 5.74) is 3.66. The zero-order valence-electron chi connectivity index (χ0n) is 15.9. The van der Waals surface area contributed by atoms with E-state index in [9.17, 15) is 8.78 Å². The zero-order valence-corrected chi connectivity index (χ0v) is 17.1. The van der Waals surface area contributed by atoms with Crippen LogP contribution in [0.2, 0.25) is 0 Å². The Morgan fingerprint density at radius 3 is 1.85 bits per heavy atom. The van der Waals surface area contributed by atoms with E-state index < -0.39 is 11.6 Å². The summed E-state index contributed by atoms with van der Waals surface area (Å²) < 4.78 is 29.0. The van der Waals surface area contributed by atoms with E-state index in [0.717, 1.165) is 5.30 Å². The van der Waals surface area contributed by atoms with Crippen molar-refractivity contribution in [3.63, 3.8) is 0 Å². The smallest absolute Gasteiger partial charge is 0.133 e. The van der Waals surface area contributed by atoms with E-state index in [2.05, 4.69) is 15.3 Å². The Balaban J connectivity index is 1.85. The zero-order chi connectivity index (χ0) is 18.8. The third kappa shape index (κ3) is 3.83. The van der Waals surface area contributed by atoms with Gasteiger partial charge in [-0.05, 0) is 71.6 Å². The van der Waals surface area contributed by atoms with Gasteiger partial charge in [-0.25, -0.2) is 8.78 Å². The van der Waals surface area contributed by atoms with Crippen molar-refractivity contribution in [2.24, 2.45) is 0 Å². The fourth-order valence-electron chi connectivity index (χ4n) is 5.24. The first kappa shape index (κ1) is 19.1. The van der Waals surface area contributed by atoms with Crippen LogP contribution in [-0.4, -0.2) is 0 Å². The molecule has 3 heteroatoms. The molecular weight excluding hydrogens is 357 g/mol. The molecule has 0 aromatic heterocycles. The molecule has 27 heavy (non-hydrogen) atoms. The van der Waals surface area contributed by atoms with Crippen molar-refractivity contribution < 1.29 is 8.78 Å². The van der Waals surface area contributed by atoms with E-state index in [1.54, 1.807) is 0 Å². The van der Waals surface area contributed by atoms with Crippen LogP contribution in [0.4, 0.5) is 8.78 Å². The Morgan fingerprint density at radius 2 is 1.26 bits per heavy atom. The van der Waals surface area contributed by atoms with Gasteiger partial charge in [-0.15, -0.1) is 9.24 Å². The van der Waals surface area contributed by atoms with Crippen molar-refractivity contribution in [1.29, 1.82) is 0 Å². The lowest BCUT2D eigenvalue weighted by molar-refractivity contribution is 0.420. The highest BCUT2D eigenvalue weighted by atomic mass is 31.0. The molecule has 0 spiro atoms. The van der Waals surface area contributed by atoms with Crippen molar-refractivity contribution in [2.75, 3.05) is 0 Å². The molecule has 2 aliphatic carbocycles. The van der Waals surface area contributed by atoms with Crippen molar-refractivity contribution in [3.05, 3.63) is 53.1 Å². The number of rotatable bonds is 3. The average molecular weight is 386 g/mol. The second-order valence-electron chi connectivity index (χ2n) is 8.30. The van der Waals surface area contributed by atoms with E-state index >= 15 is 0 Å². The Morgan fingerprint density at radius 1 is 0.704 bits per heavy atom. The molecule has 1 unspecified atom stereocenters. The molecule has 1 atom stereocenters. The molecule has 0 heterocycles. The quantitative estimate of drug-likeness (QED) is 0.488. The van der Waals surface area contributed by atoms with Crippen LogP contribution in [0.5, 0.6) is 0 Å². The molecular formula is C24H29F2P. The van der Waals surface area contributed by atoms with Gasteiger partial charge in [0.05, 0.1) is 5.56 Å². The summed E-state index contributed by atoms with van der Waals surface area (Å²) in [6, 6.07) is 8.31. The van der Waals surface area contributed by atoms with Crippen molar-refractivity contribution in [1.82, 2.24) is 0 Å². The SMILES string of the molecule is Fc1cccc(F)c1-c1ccc(C2CCCCC2)c(C2CCCCC2)c1P. The summed E-state index contributed by atoms with van der Waals surface area (Å²) in [6.45, 7) is 0. The van der Waals surface area contributed by atoms with Gasteiger partial charge in [0.15, 0.2) is 0 Å². The molecule has 0 bridgehead atoms. The molecule has 2 aromatic carbocycles. The summed E-state index contributed by atoms with van der Waals surface area (Å²) in [5, 5.41) is 1.02. The number of benzene rings is 2. The highest BCUT2D eigenvalue weighted by molar-refractivity contribution is 7.28. The Labute approximate surface area is 164 Å². The van der Waals surface area contributed by atoms with Crippen LogP contribution in [0.25, 0.3) is 11.1 Å². The molecule has 2 aromatic rings. The molecule has 4 rings (SSSR count). The van der Waals surface area contributed by atoms with Crippen LogP contribution in [0.1, 0.15) is 87.2 Å². The monoisotopic (exact) mass is 386 g/mol. The topological polar surface area (TPSA) is 0 Å². The highest BCUT2D eigenvalue weighted by Gasteiger charge is 2.27. The van der Waals surface area contributed by atoms with Crippen LogP contribution in [0.3, 0.4) is 0 Å². The molecule has 144 valence electrons. The van der Waals surface area contributed by atoms with Gasteiger partial charge in [0, 0.05) is 0 Å². The minimum atomic E-state index is -0.473. The second-order valence-corrected chi connectivity index (χ2v) is 8.87. The number of hydrogen-bond acceptors (Lipinski definition) is 0. The lowest BCUT2D eigenvalue weighted by atomic mass is 9.75. The van der Waals surface area contributed by atoms with Crippen molar-refractivity contribution >= 4 is 14.5 Å². The summed E-state index contributed by atoms with van der Waals surface area (Å²) in [7, 11) is 2.86. The third-order valence-corrected chi connectivity index (χ3v) is 7.23. The van der Waals surface area contributed by atoms with Gasteiger partial charge in [0.1, 0.15) is 11.6 Å². The van der Waals surface area contributed by atoms with Gasteiger partial charge < -0.3 is 0 Å². The maximum atomic E-state index is 14.5. The maximum absolute atomic E-state index is 14.5. The molecule has 2 aliphatic rings. The predicted molar refractivity (Wildman–Crippen MR) is 113 cm³/mol. The number of hydrogen-bond donors (Lipinski definition) is 0. The molecule has 0 N–H and O–H groups in total. The number of halogens is 2. The van der Waals surface area contributed by atoms with Gasteiger partial charge in [0.2, 0.25) is 0 Å². The average Bonchev–Trinajstić information content (AvgIpc) is 2.70. The summed E-state index contributed by atoms with van der Waals surface area (Å²) in [5.74, 6) is 0.185. The molecule has 0 radical (unpaired) electrons. The summed E-state index contributed by atoms with van der Waals surface area (Å²) in [4.78, 5) is 0. The van der Waals surface area contributed by atoms with Crippen LogP contribution < -0.4 is 5.30 Å². The fourth-order valence-corrected chi connectivity index (χ4v) is 5.89. The standard InChI is InChI=1S/C24H29F2P/c25-20-12-7-13-21(26)23(20)19-15-14-18(16-8-3-1-4-9-16)22(24(19)27)17-10-5-2-6-11-17/h7,12-17H,1-6,8-11,27H2. The molecule has 0 nitrogen and oxygen atoms in total. The first-order chi connectivity index (χ1) is 13.2. The summed E-state index contributed by atoms with van der Waals surface area (Å²) >= 11 is 0. The lowest BCUT2D eigenvalue weighted by Crippen LogP contribution is -2.20. The predicted octanol–water partition coefficient (Wildman–Crippen LogP) is 7.23. The Hall–Kier alpha value is -1.27. The van der Waals surface area contributed by atoms with Crippen LogP contribution in [0, 0.1) is 11.6 Å². The van der Waals surface area contributed by atoms with Gasteiger partial charge in [0.25, 0.3) is 0 Å². The largest absolute Gasteiger partial charge is 0.206 e. The third-order valence-electron chi connectivity index (χ3n) is 6.61. The molecule has 2 saturated carbocycles. The Bertz CT molecular complexity index is 782. The first-order valence-electron chi connectivity index (χ1n) is 10.5. The summed E-state index contributed by atoms with van der Waals surface area (Å²) in [6.07, 6.45) is 12.7. The fraction of sp³-hybridized carbons (Fsp3) is 0.500. The van der Waals surface area contributed by atoms with E-state index in [4.69, 9.17) is 0 Å². The minimum absolute atomic E-state index is 0.120. The van der Waals surface area contributed by atoms with Crippen molar-refractivity contribution in [3.8, 4) is 11.1 Å².